The molecule has 170 valence electrons. The molecule has 0 spiro atoms. The van der Waals surface area contributed by atoms with Gasteiger partial charge in [-0.2, -0.15) is 0 Å². The first kappa shape index (κ1) is 22.5. The van der Waals surface area contributed by atoms with Gasteiger partial charge in [0.1, 0.15) is 10.7 Å². The van der Waals surface area contributed by atoms with E-state index in [4.69, 9.17) is 0 Å². The van der Waals surface area contributed by atoms with Crippen molar-refractivity contribution in [2.45, 2.75) is 43.9 Å². The topological polar surface area (TPSA) is 59.4 Å². The Morgan fingerprint density at radius 1 is 1.00 bits per heavy atom. The minimum Gasteiger partial charge on any atom is -0.369 e. The molecule has 7 heteroatoms. The number of hydrogen-bond donors (Lipinski definition) is 0. The summed E-state index contributed by atoms with van der Waals surface area (Å²) in [6.45, 7) is 9.39. The van der Waals surface area contributed by atoms with Crippen molar-refractivity contribution < 1.29 is 12.8 Å². The minimum atomic E-state index is -4.06. The molecular formula is C25H29FN2O3S. The monoisotopic (exact) mass is 456 g/mol. The molecule has 2 aromatic carbocycles. The van der Waals surface area contributed by atoms with Crippen LogP contribution in [0.3, 0.4) is 0 Å². The number of anilines is 1. The lowest BCUT2D eigenvalue weighted by atomic mass is 9.91. The largest absolute Gasteiger partial charge is 0.369 e. The zero-order valence-electron chi connectivity index (χ0n) is 19.1. The van der Waals surface area contributed by atoms with E-state index in [0.29, 0.717) is 28.6 Å². The number of nitrogens with zero attached hydrogens (tertiary/aromatic N) is 2. The van der Waals surface area contributed by atoms with Gasteiger partial charge in [0, 0.05) is 26.3 Å². The van der Waals surface area contributed by atoms with Crippen LogP contribution in [0.1, 0.15) is 31.4 Å². The van der Waals surface area contributed by atoms with Crippen LogP contribution in [0, 0.1) is 31.5 Å². The third kappa shape index (κ3) is 3.83. The molecule has 4 rings (SSSR count). The molecule has 2 heterocycles. The molecule has 5 nitrogen and oxygen atoms in total. The molecule has 2 atom stereocenters. The van der Waals surface area contributed by atoms with E-state index >= 15 is 4.39 Å². The highest BCUT2D eigenvalue weighted by molar-refractivity contribution is 7.91. The molecule has 1 aromatic heterocycles. The van der Waals surface area contributed by atoms with E-state index in [0.717, 1.165) is 25.1 Å². The molecule has 0 N–H and O–H groups in total. The molecule has 3 aromatic rings. The molecule has 1 saturated heterocycles. The summed E-state index contributed by atoms with van der Waals surface area (Å²) in [7, 11) is -2.37. The first-order valence-electron chi connectivity index (χ1n) is 10.9. The maximum absolute atomic E-state index is 15.2. The van der Waals surface area contributed by atoms with Gasteiger partial charge in [-0.1, -0.05) is 31.5 Å². The fourth-order valence-electron chi connectivity index (χ4n) is 4.97. The van der Waals surface area contributed by atoms with Crippen molar-refractivity contribution in [3.63, 3.8) is 0 Å². The van der Waals surface area contributed by atoms with Gasteiger partial charge in [0.25, 0.3) is 0 Å². The third-order valence-electron chi connectivity index (χ3n) is 6.34. The molecule has 0 saturated carbocycles. The van der Waals surface area contributed by atoms with E-state index in [2.05, 4.69) is 13.8 Å². The Hall–Kier alpha value is -2.67. The Balaban J connectivity index is 1.88. The molecular weight excluding hydrogens is 427 g/mol. The van der Waals surface area contributed by atoms with Gasteiger partial charge in [-0.3, -0.25) is 4.79 Å². The molecule has 0 bridgehead atoms. The van der Waals surface area contributed by atoms with Gasteiger partial charge in [-0.05, 0) is 55.9 Å². The van der Waals surface area contributed by atoms with Crippen molar-refractivity contribution in [2.75, 3.05) is 18.0 Å². The second-order valence-electron chi connectivity index (χ2n) is 9.38. The molecule has 32 heavy (non-hydrogen) atoms. The Labute approximate surface area is 188 Å². The zero-order valence-corrected chi connectivity index (χ0v) is 20.0. The lowest BCUT2D eigenvalue weighted by molar-refractivity contribution is 0.354. The molecule has 1 fully saturated rings. The van der Waals surface area contributed by atoms with Crippen LogP contribution in [0.4, 0.5) is 10.1 Å². The van der Waals surface area contributed by atoms with E-state index in [9.17, 15) is 13.2 Å². The Bertz CT molecular complexity index is 1370. The standard InChI is InChI=1S/C25H29FN2O3S/c1-15-6-7-23(18(4)9-15)32(30,31)24-14-27(5)21-11-22(20(26)10-19(21)25(24)29)28-12-16(2)8-17(3)13-28/h6-7,9-11,14,16-17H,8,12-13H2,1-5H3/t16-,17-/m1/s1. The smallest absolute Gasteiger partial charge is 0.212 e. The van der Waals surface area contributed by atoms with Crippen LogP contribution in [0.2, 0.25) is 0 Å². The predicted molar refractivity (Wildman–Crippen MR) is 126 cm³/mol. The summed E-state index contributed by atoms with van der Waals surface area (Å²) in [6, 6.07) is 7.86. The average molecular weight is 457 g/mol. The normalized spacial score (nSPS) is 19.5. The predicted octanol–water partition coefficient (Wildman–Crippen LogP) is 4.61. The number of benzene rings is 2. The highest BCUT2D eigenvalue weighted by Gasteiger charge is 2.28. The summed E-state index contributed by atoms with van der Waals surface area (Å²) in [5.41, 5.74) is 1.79. The molecule has 0 aliphatic carbocycles. The van der Waals surface area contributed by atoms with Crippen molar-refractivity contribution in [1.29, 1.82) is 0 Å². The van der Waals surface area contributed by atoms with Gasteiger partial charge >= 0.3 is 0 Å². The number of rotatable bonds is 3. The number of aromatic nitrogens is 1. The summed E-state index contributed by atoms with van der Waals surface area (Å²) in [4.78, 5) is 15.0. The van der Waals surface area contributed by atoms with E-state index in [1.807, 2.05) is 11.8 Å². The number of halogens is 1. The van der Waals surface area contributed by atoms with Crippen LogP contribution >= 0.6 is 0 Å². The number of sulfone groups is 1. The Kier molecular flexibility index (Phi) is 5.65. The number of hydrogen-bond acceptors (Lipinski definition) is 4. The van der Waals surface area contributed by atoms with Crippen LogP contribution in [0.15, 0.2) is 51.1 Å². The highest BCUT2D eigenvalue weighted by atomic mass is 32.2. The lowest BCUT2D eigenvalue weighted by Crippen LogP contribution is -2.39. The van der Waals surface area contributed by atoms with Gasteiger partial charge in [-0.25, -0.2) is 12.8 Å². The molecule has 1 aliphatic rings. The second-order valence-corrected chi connectivity index (χ2v) is 11.3. The van der Waals surface area contributed by atoms with Crippen LogP contribution in [-0.4, -0.2) is 26.1 Å². The van der Waals surface area contributed by atoms with Crippen molar-refractivity contribution in [2.24, 2.45) is 18.9 Å². The summed E-state index contributed by atoms with van der Waals surface area (Å²) >= 11 is 0. The van der Waals surface area contributed by atoms with Crippen molar-refractivity contribution in [1.82, 2.24) is 4.57 Å². The maximum atomic E-state index is 15.2. The minimum absolute atomic E-state index is 0.0673. The van der Waals surface area contributed by atoms with Crippen molar-refractivity contribution in [3.8, 4) is 0 Å². The molecule has 1 aliphatic heterocycles. The van der Waals surface area contributed by atoms with Crippen molar-refractivity contribution >= 4 is 26.4 Å². The van der Waals surface area contributed by atoms with E-state index in [1.165, 1.54) is 18.3 Å². The molecule has 0 unspecified atom stereocenters. The van der Waals surface area contributed by atoms with Crippen LogP contribution in [0.5, 0.6) is 0 Å². The number of fused-ring (bicyclic) bond motifs is 1. The summed E-state index contributed by atoms with van der Waals surface area (Å²) < 4.78 is 43.5. The SMILES string of the molecule is Cc1ccc(S(=O)(=O)c2cn(C)c3cc(N4C[C@H](C)C[C@@H](C)C4)c(F)cc3c2=O)c(C)c1. The summed E-state index contributed by atoms with van der Waals surface area (Å²) in [6.07, 6.45) is 2.45. The van der Waals surface area contributed by atoms with Crippen LogP contribution in [0.25, 0.3) is 10.9 Å². The fraction of sp³-hybridized carbons (Fsp3) is 0.400. The zero-order chi connectivity index (χ0) is 23.4. The number of piperidine rings is 1. The first-order chi connectivity index (χ1) is 15.0. The van der Waals surface area contributed by atoms with E-state index < -0.39 is 21.1 Å². The number of pyridine rings is 1. The second kappa shape index (κ2) is 8.03. The number of aryl methyl sites for hydroxylation is 3. The van der Waals surface area contributed by atoms with Crippen LogP contribution < -0.4 is 10.3 Å². The first-order valence-corrected chi connectivity index (χ1v) is 12.4. The summed E-state index contributed by atoms with van der Waals surface area (Å²) in [5, 5.41) is 0.0673. The Morgan fingerprint density at radius 2 is 1.66 bits per heavy atom. The fourth-order valence-corrected chi connectivity index (χ4v) is 6.59. The average Bonchev–Trinajstić information content (AvgIpc) is 2.69. The van der Waals surface area contributed by atoms with Gasteiger partial charge in [-0.15, -0.1) is 0 Å². The van der Waals surface area contributed by atoms with Gasteiger partial charge < -0.3 is 9.47 Å². The van der Waals surface area contributed by atoms with Gasteiger partial charge in [0.15, 0.2) is 0 Å². The van der Waals surface area contributed by atoms with Gasteiger partial charge in [0.05, 0.1) is 21.5 Å². The van der Waals surface area contributed by atoms with Gasteiger partial charge in [0.2, 0.25) is 15.3 Å². The van der Waals surface area contributed by atoms with E-state index in [1.54, 1.807) is 36.7 Å². The highest BCUT2D eigenvalue weighted by Crippen LogP contribution is 2.31. The van der Waals surface area contributed by atoms with Crippen molar-refractivity contribution in [3.05, 3.63) is 63.7 Å². The third-order valence-corrected chi connectivity index (χ3v) is 8.25. The quantitative estimate of drug-likeness (QED) is 0.578. The van der Waals surface area contributed by atoms with E-state index in [-0.39, 0.29) is 15.2 Å². The summed E-state index contributed by atoms with van der Waals surface area (Å²) in [5.74, 6) is 0.392. The van der Waals surface area contributed by atoms with Crippen LogP contribution in [-0.2, 0) is 16.9 Å². The molecule has 0 amide bonds. The lowest BCUT2D eigenvalue weighted by Gasteiger charge is -2.36. The maximum Gasteiger partial charge on any atom is 0.212 e. The Morgan fingerprint density at radius 3 is 2.28 bits per heavy atom. The molecule has 0 radical (unpaired) electrons.